The highest BCUT2D eigenvalue weighted by Gasteiger charge is 2.24. The third-order valence-electron chi connectivity index (χ3n) is 4.55. The van der Waals surface area contributed by atoms with Crippen LogP contribution in [0, 0.1) is 5.92 Å². The first-order valence-corrected chi connectivity index (χ1v) is 8.41. The van der Waals surface area contributed by atoms with E-state index in [4.69, 9.17) is 4.74 Å². The number of nitrogens with one attached hydrogen (secondary N) is 1. The third kappa shape index (κ3) is 4.78. The molecule has 0 bridgehead atoms. The van der Waals surface area contributed by atoms with Gasteiger partial charge in [-0.3, -0.25) is 0 Å². The van der Waals surface area contributed by atoms with Gasteiger partial charge in [0.2, 0.25) is 0 Å². The molecule has 5 heteroatoms. The molecule has 1 heterocycles. The van der Waals surface area contributed by atoms with Crippen LogP contribution >= 0.6 is 0 Å². The number of methoxy groups -OCH3 is 1. The highest BCUT2D eigenvalue weighted by molar-refractivity contribution is 5.74. The fraction of sp³-hybridized carbons (Fsp3) is 0.611. The van der Waals surface area contributed by atoms with E-state index in [1.54, 1.807) is 12.1 Å². The second-order valence-corrected chi connectivity index (χ2v) is 6.53. The van der Waals surface area contributed by atoms with Crippen molar-refractivity contribution in [2.24, 2.45) is 5.92 Å². The summed E-state index contributed by atoms with van der Waals surface area (Å²) >= 11 is 0. The van der Waals surface area contributed by atoms with Crippen LogP contribution in [0.1, 0.15) is 38.7 Å². The molecule has 1 aromatic carbocycles. The average Bonchev–Trinajstić information content (AvgIpc) is 2.70. The number of carbonyl (C=O) groups excluding carboxylic acids is 1. The van der Waals surface area contributed by atoms with Crippen molar-refractivity contribution in [1.29, 1.82) is 0 Å². The number of amides is 2. The number of carbonyl (C=O) groups is 1. The Morgan fingerprint density at radius 1 is 1.39 bits per heavy atom. The molecule has 1 aliphatic rings. The number of rotatable bonds is 4. The lowest BCUT2D eigenvalue weighted by atomic mass is 10.1. The number of phenols is 1. The quantitative estimate of drug-likeness (QED) is 0.896. The van der Waals surface area contributed by atoms with Crippen LogP contribution in [0.3, 0.4) is 0 Å². The largest absolute Gasteiger partial charge is 0.504 e. The van der Waals surface area contributed by atoms with E-state index in [1.165, 1.54) is 20.0 Å². The Balaban J connectivity index is 1.86. The Kier molecular flexibility index (Phi) is 6.13. The number of likely N-dealkylation sites (tertiary alicyclic amines) is 1. The smallest absolute Gasteiger partial charge is 0.317 e. The Morgan fingerprint density at radius 3 is 2.91 bits per heavy atom. The van der Waals surface area contributed by atoms with Crippen molar-refractivity contribution in [3.8, 4) is 11.5 Å². The van der Waals surface area contributed by atoms with Crippen LogP contribution in [0.15, 0.2) is 18.2 Å². The van der Waals surface area contributed by atoms with E-state index in [9.17, 15) is 9.90 Å². The summed E-state index contributed by atoms with van der Waals surface area (Å²) in [6.45, 7) is 5.74. The zero-order valence-corrected chi connectivity index (χ0v) is 14.3. The van der Waals surface area contributed by atoms with Crippen LogP contribution < -0.4 is 10.1 Å². The monoisotopic (exact) mass is 320 g/mol. The molecule has 23 heavy (non-hydrogen) atoms. The topological polar surface area (TPSA) is 61.8 Å². The molecule has 2 N–H and O–H groups in total. The number of nitrogens with zero attached hydrogens (tertiary/aromatic N) is 1. The summed E-state index contributed by atoms with van der Waals surface area (Å²) in [4.78, 5) is 14.4. The Hall–Kier alpha value is -1.91. The molecule has 2 atom stereocenters. The van der Waals surface area contributed by atoms with Gasteiger partial charge in [-0.25, -0.2) is 4.79 Å². The van der Waals surface area contributed by atoms with Crippen molar-refractivity contribution in [2.45, 2.75) is 45.6 Å². The molecular formula is C18H28N2O3. The van der Waals surface area contributed by atoms with E-state index in [0.717, 1.165) is 18.5 Å². The van der Waals surface area contributed by atoms with Crippen molar-refractivity contribution < 1.29 is 14.6 Å². The third-order valence-corrected chi connectivity index (χ3v) is 4.55. The van der Waals surface area contributed by atoms with E-state index in [1.807, 2.05) is 11.0 Å². The number of benzene rings is 1. The molecule has 1 saturated heterocycles. The first-order chi connectivity index (χ1) is 11.0. The van der Waals surface area contributed by atoms with Gasteiger partial charge in [0, 0.05) is 19.1 Å². The first kappa shape index (κ1) is 17.4. The van der Waals surface area contributed by atoms with Crippen molar-refractivity contribution in [2.75, 3.05) is 20.2 Å². The second kappa shape index (κ2) is 8.09. The minimum absolute atomic E-state index is 0.0250. The standard InChI is InChI=1S/C18H28N2O3/c1-13-5-4-6-14(2)20(12-13)18(22)19-10-9-15-7-8-16(21)17(11-15)23-3/h7-8,11,13-14,21H,4-6,9-10,12H2,1-3H3,(H,19,22)/t13-,14-/m1/s1. The summed E-state index contributed by atoms with van der Waals surface area (Å²) in [6, 6.07) is 5.60. The van der Waals surface area contributed by atoms with Gasteiger partial charge in [-0.1, -0.05) is 19.4 Å². The Bertz CT molecular complexity index is 533. The molecule has 0 aliphatic carbocycles. The summed E-state index contributed by atoms with van der Waals surface area (Å²) in [7, 11) is 1.53. The zero-order chi connectivity index (χ0) is 16.8. The van der Waals surface area contributed by atoms with Gasteiger partial charge < -0.3 is 20.1 Å². The van der Waals surface area contributed by atoms with Crippen molar-refractivity contribution in [3.05, 3.63) is 23.8 Å². The molecule has 1 aliphatic heterocycles. The number of hydrogen-bond acceptors (Lipinski definition) is 3. The lowest BCUT2D eigenvalue weighted by Crippen LogP contribution is -2.46. The highest BCUT2D eigenvalue weighted by atomic mass is 16.5. The summed E-state index contributed by atoms with van der Waals surface area (Å²) in [5.41, 5.74) is 1.03. The molecule has 128 valence electrons. The van der Waals surface area contributed by atoms with Crippen LogP contribution in [0.25, 0.3) is 0 Å². The highest BCUT2D eigenvalue weighted by Crippen LogP contribution is 2.26. The minimum atomic E-state index is 0.0250. The molecule has 0 saturated carbocycles. The van der Waals surface area contributed by atoms with Gasteiger partial charge in [0.25, 0.3) is 0 Å². The predicted octanol–water partition coefficient (Wildman–Crippen LogP) is 3.16. The molecular weight excluding hydrogens is 292 g/mol. The molecule has 2 rings (SSSR count). The van der Waals surface area contributed by atoms with E-state index in [2.05, 4.69) is 19.2 Å². The van der Waals surface area contributed by atoms with Gasteiger partial charge in [0.05, 0.1) is 7.11 Å². The van der Waals surface area contributed by atoms with E-state index < -0.39 is 0 Å². The van der Waals surface area contributed by atoms with Gasteiger partial charge >= 0.3 is 6.03 Å². The van der Waals surface area contributed by atoms with Gasteiger partial charge in [0.1, 0.15) is 0 Å². The number of aromatic hydroxyl groups is 1. The number of phenolic OH excluding ortho intramolecular Hbond substituents is 1. The molecule has 1 fully saturated rings. The van der Waals surface area contributed by atoms with Gasteiger partial charge in [-0.15, -0.1) is 0 Å². The van der Waals surface area contributed by atoms with Crippen molar-refractivity contribution in [3.63, 3.8) is 0 Å². The SMILES string of the molecule is COc1cc(CCNC(=O)N2C[C@H](C)CCC[C@H]2C)ccc1O. The molecule has 0 aromatic heterocycles. The molecule has 0 unspecified atom stereocenters. The van der Waals surface area contributed by atoms with Gasteiger partial charge in [-0.05, 0) is 49.8 Å². The molecule has 2 amide bonds. The summed E-state index contributed by atoms with van der Waals surface area (Å²) in [5, 5.41) is 12.6. The summed E-state index contributed by atoms with van der Waals surface area (Å²) in [5.74, 6) is 1.16. The Labute approximate surface area is 138 Å². The van der Waals surface area contributed by atoms with E-state index in [0.29, 0.717) is 30.7 Å². The molecule has 5 nitrogen and oxygen atoms in total. The van der Waals surface area contributed by atoms with E-state index >= 15 is 0 Å². The average molecular weight is 320 g/mol. The van der Waals surface area contributed by atoms with Crippen LogP contribution in [0.2, 0.25) is 0 Å². The predicted molar refractivity (Wildman–Crippen MR) is 90.9 cm³/mol. The first-order valence-electron chi connectivity index (χ1n) is 8.41. The maximum absolute atomic E-state index is 12.4. The fourth-order valence-corrected chi connectivity index (χ4v) is 3.10. The minimum Gasteiger partial charge on any atom is -0.504 e. The number of hydrogen-bond donors (Lipinski definition) is 2. The molecule has 0 spiro atoms. The maximum Gasteiger partial charge on any atom is 0.317 e. The molecule has 1 aromatic rings. The van der Waals surface area contributed by atoms with Gasteiger partial charge in [-0.2, -0.15) is 0 Å². The van der Waals surface area contributed by atoms with E-state index in [-0.39, 0.29) is 11.8 Å². The Morgan fingerprint density at radius 2 is 2.17 bits per heavy atom. The lowest BCUT2D eigenvalue weighted by molar-refractivity contribution is 0.174. The summed E-state index contributed by atoms with van der Waals surface area (Å²) in [6.07, 6.45) is 4.17. The maximum atomic E-state index is 12.4. The zero-order valence-electron chi connectivity index (χ0n) is 14.3. The van der Waals surface area contributed by atoms with Crippen molar-refractivity contribution in [1.82, 2.24) is 10.2 Å². The molecule has 0 radical (unpaired) electrons. The van der Waals surface area contributed by atoms with Crippen LogP contribution in [0.5, 0.6) is 11.5 Å². The van der Waals surface area contributed by atoms with Crippen LogP contribution in [-0.2, 0) is 6.42 Å². The normalized spacial score (nSPS) is 21.6. The van der Waals surface area contributed by atoms with Crippen molar-refractivity contribution >= 4 is 6.03 Å². The fourth-order valence-electron chi connectivity index (χ4n) is 3.10. The lowest BCUT2D eigenvalue weighted by Gasteiger charge is -2.28. The van der Waals surface area contributed by atoms with Crippen LogP contribution in [-0.4, -0.2) is 42.3 Å². The van der Waals surface area contributed by atoms with Crippen LogP contribution in [0.4, 0.5) is 4.79 Å². The second-order valence-electron chi connectivity index (χ2n) is 6.53. The number of ether oxygens (including phenoxy) is 1. The van der Waals surface area contributed by atoms with Gasteiger partial charge in [0.15, 0.2) is 11.5 Å². The summed E-state index contributed by atoms with van der Waals surface area (Å²) < 4.78 is 5.10. The number of urea groups is 1.